The first-order valence-corrected chi connectivity index (χ1v) is 8.80. The third-order valence-electron chi connectivity index (χ3n) is 4.16. The summed E-state index contributed by atoms with van der Waals surface area (Å²) in [5.41, 5.74) is 2.52. The summed E-state index contributed by atoms with van der Waals surface area (Å²) in [5, 5.41) is 13.5. The van der Waals surface area contributed by atoms with E-state index in [1.54, 1.807) is 12.1 Å². The van der Waals surface area contributed by atoms with Gasteiger partial charge >= 0.3 is 0 Å². The van der Waals surface area contributed by atoms with Gasteiger partial charge in [0.1, 0.15) is 5.82 Å². The van der Waals surface area contributed by atoms with Crippen LogP contribution in [0.5, 0.6) is 0 Å². The van der Waals surface area contributed by atoms with Crippen LogP contribution < -0.4 is 5.32 Å². The summed E-state index contributed by atoms with van der Waals surface area (Å²) in [7, 11) is 0. The highest BCUT2D eigenvalue weighted by Crippen LogP contribution is 2.27. The van der Waals surface area contributed by atoms with Crippen molar-refractivity contribution in [1.29, 1.82) is 0 Å². The van der Waals surface area contributed by atoms with Crippen LogP contribution in [-0.4, -0.2) is 21.0 Å². The second kappa shape index (κ2) is 7.29. The van der Waals surface area contributed by atoms with Gasteiger partial charge in [0.15, 0.2) is 5.82 Å². The molecule has 0 unspecified atom stereocenters. The molecule has 6 heteroatoms. The predicted molar refractivity (Wildman–Crippen MR) is 99.2 cm³/mol. The average molecular weight is 357 g/mol. The number of rotatable bonds is 6. The van der Waals surface area contributed by atoms with Crippen LogP contribution in [0.2, 0.25) is 0 Å². The van der Waals surface area contributed by atoms with Crippen LogP contribution in [-0.2, 0) is 12.0 Å². The number of nitrogens with one attached hydrogen (secondary N) is 1. The van der Waals surface area contributed by atoms with Crippen LogP contribution >= 0.6 is 11.5 Å². The molecule has 3 aromatic rings. The van der Waals surface area contributed by atoms with Gasteiger partial charge in [-0.15, -0.1) is 0 Å². The highest BCUT2D eigenvalue weighted by atomic mass is 32.1. The van der Waals surface area contributed by atoms with Crippen molar-refractivity contribution >= 4 is 16.7 Å². The molecule has 3 rings (SSSR count). The number of hydrogen-bond acceptors (Lipinski definition) is 5. The molecule has 2 N–H and O–H groups in total. The minimum absolute atomic E-state index is 0.0459. The van der Waals surface area contributed by atoms with Gasteiger partial charge in [-0.3, -0.25) is 0 Å². The van der Waals surface area contributed by atoms with Crippen LogP contribution in [0, 0.1) is 5.82 Å². The van der Waals surface area contributed by atoms with E-state index in [0.29, 0.717) is 12.4 Å². The fourth-order valence-corrected chi connectivity index (χ4v) is 3.16. The third kappa shape index (κ3) is 4.03. The molecule has 0 radical (unpaired) electrons. The van der Waals surface area contributed by atoms with E-state index in [2.05, 4.69) is 28.5 Å². The Morgan fingerprint density at radius 1 is 1.12 bits per heavy atom. The summed E-state index contributed by atoms with van der Waals surface area (Å²) in [4.78, 5) is 4.53. The van der Waals surface area contributed by atoms with Crippen molar-refractivity contribution in [2.45, 2.75) is 25.9 Å². The van der Waals surface area contributed by atoms with E-state index < -0.39 is 0 Å². The highest BCUT2D eigenvalue weighted by Gasteiger charge is 2.21. The summed E-state index contributed by atoms with van der Waals surface area (Å²) in [6, 6.07) is 14.1. The molecule has 4 nitrogen and oxygen atoms in total. The summed E-state index contributed by atoms with van der Waals surface area (Å²) in [6.07, 6.45) is 0. The Balaban J connectivity index is 1.72. The zero-order valence-electron chi connectivity index (χ0n) is 14.2. The van der Waals surface area contributed by atoms with Crippen LogP contribution in [0.3, 0.4) is 0 Å². The van der Waals surface area contributed by atoms with Gasteiger partial charge in [-0.25, -0.2) is 4.39 Å². The van der Waals surface area contributed by atoms with Crippen LogP contribution in [0.25, 0.3) is 11.4 Å². The topological polar surface area (TPSA) is 58.0 Å². The fourth-order valence-electron chi connectivity index (χ4n) is 2.58. The molecule has 130 valence electrons. The van der Waals surface area contributed by atoms with Gasteiger partial charge in [0.25, 0.3) is 0 Å². The van der Waals surface area contributed by atoms with E-state index >= 15 is 0 Å². The van der Waals surface area contributed by atoms with Crippen molar-refractivity contribution in [2.75, 3.05) is 11.9 Å². The first-order chi connectivity index (χ1) is 12.0. The molecule has 0 aliphatic heterocycles. The number of nitrogens with zero attached hydrogens (tertiary/aromatic N) is 2. The molecule has 0 saturated heterocycles. The molecule has 0 atom stereocenters. The van der Waals surface area contributed by atoms with Gasteiger partial charge in [-0.1, -0.05) is 50.2 Å². The van der Waals surface area contributed by atoms with E-state index in [0.717, 1.165) is 21.8 Å². The molecule has 0 aliphatic carbocycles. The first-order valence-electron chi connectivity index (χ1n) is 8.02. The second-order valence-corrected chi connectivity index (χ2v) is 7.23. The van der Waals surface area contributed by atoms with Crippen molar-refractivity contribution < 1.29 is 9.50 Å². The molecule has 25 heavy (non-hydrogen) atoms. The fraction of sp³-hybridized carbons (Fsp3) is 0.263. The quantitative estimate of drug-likeness (QED) is 0.693. The lowest BCUT2D eigenvalue weighted by atomic mass is 9.85. The summed E-state index contributed by atoms with van der Waals surface area (Å²) >= 11 is 1.29. The van der Waals surface area contributed by atoms with Crippen LogP contribution in [0.1, 0.15) is 25.0 Å². The monoisotopic (exact) mass is 357 g/mol. The van der Waals surface area contributed by atoms with Gasteiger partial charge in [0.2, 0.25) is 5.13 Å². The number of anilines is 1. The zero-order chi connectivity index (χ0) is 17.9. The summed E-state index contributed by atoms with van der Waals surface area (Å²) in [5.74, 6) is 0.376. The van der Waals surface area contributed by atoms with E-state index in [4.69, 9.17) is 0 Å². The van der Waals surface area contributed by atoms with Gasteiger partial charge in [-0.2, -0.15) is 9.36 Å². The Morgan fingerprint density at radius 2 is 1.84 bits per heavy atom. The SMILES string of the molecule is CC(C)(CNc1nc(-c2ccccc2CO)ns1)c1ccc(F)cc1. The minimum Gasteiger partial charge on any atom is -0.392 e. The van der Waals surface area contributed by atoms with Gasteiger partial charge in [0, 0.05) is 29.1 Å². The predicted octanol–water partition coefficient (Wildman–Crippen LogP) is 4.23. The van der Waals surface area contributed by atoms with Crippen molar-refractivity contribution in [3.8, 4) is 11.4 Å². The Bertz CT molecular complexity index is 846. The lowest BCUT2D eigenvalue weighted by Crippen LogP contribution is -2.27. The minimum atomic E-state index is -0.233. The molecule has 0 aliphatic rings. The maximum absolute atomic E-state index is 13.1. The largest absolute Gasteiger partial charge is 0.392 e. The number of hydrogen-bond donors (Lipinski definition) is 2. The smallest absolute Gasteiger partial charge is 0.202 e. The van der Waals surface area contributed by atoms with Gasteiger partial charge in [0.05, 0.1) is 6.61 Å². The molecule has 2 aromatic carbocycles. The Kier molecular flexibility index (Phi) is 5.11. The number of halogens is 1. The highest BCUT2D eigenvalue weighted by molar-refractivity contribution is 7.09. The maximum atomic E-state index is 13.1. The van der Waals surface area contributed by atoms with E-state index in [9.17, 15) is 9.50 Å². The summed E-state index contributed by atoms with van der Waals surface area (Å²) < 4.78 is 17.5. The summed E-state index contributed by atoms with van der Waals surface area (Å²) in [6.45, 7) is 4.79. The number of benzene rings is 2. The second-order valence-electron chi connectivity index (χ2n) is 6.48. The lowest BCUT2D eigenvalue weighted by molar-refractivity contribution is 0.282. The van der Waals surface area contributed by atoms with Gasteiger partial charge < -0.3 is 10.4 Å². The van der Waals surface area contributed by atoms with Crippen LogP contribution in [0.15, 0.2) is 48.5 Å². The van der Waals surface area contributed by atoms with Crippen LogP contribution in [0.4, 0.5) is 9.52 Å². The zero-order valence-corrected chi connectivity index (χ0v) is 15.0. The Labute approximate surface area is 150 Å². The number of aliphatic hydroxyl groups is 1. The van der Waals surface area contributed by atoms with E-state index in [1.165, 1.54) is 23.7 Å². The molecular formula is C19H20FN3OS. The van der Waals surface area contributed by atoms with Crippen molar-refractivity contribution in [1.82, 2.24) is 9.36 Å². The molecule has 0 spiro atoms. The Morgan fingerprint density at radius 3 is 2.56 bits per heavy atom. The molecular weight excluding hydrogens is 337 g/mol. The van der Waals surface area contributed by atoms with E-state index in [-0.39, 0.29) is 17.8 Å². The first kappa shape index (κ1) is 17.5. The number of aliphatic hydroxyl groups excluding tert-OH is 1. The lowest BCUT2D eigenvalue weighted by Gasteiger charge is -2.25. The molecule has 0 fully saturated rings. The molecule has 0 saturated carbocycles. The van der Waals surface area contributed by atoms with Crippen molar-refractivity contribution in [3.63, 3.8) is 0 Å². The maximum Gasteiger partial charge on any atom is 0.202 e. The Hall–Kier alpha value is -2.31. The van der Waals surface area contributed by atoms with E-state index in [1.807, 2.05) is 24.3 Å². The average Bonchev–Trinajstić information content (AvgIpc) is 3.09. The molecule has 1 heterocycles. The third-order valence-corrected chi connectivity index (χ3v) is 4.83. The normalized spacial score (nSPS) is 11.5. The van der Waals surface area contributed by atoms with Gasteiger partial charge in [-0.05, 0) is 23.3 Å². The standard InChI is InChI=1S/C19H20FN3OS/c1-19(2,14-7-9-15(20)10-8-14)12-21-18-22-17(23-25-18)16-6-4-3-5-13(16)11-24/h3-10,24H,11-12H2,1-2H3,(H,21,22,23). The van der Waals surface area contributed by atoms with Crippen molar-refractivity contribution in [3.05, 3.63) is 65.5 Å². The molecule has 0 bridgehead atoms. The number of aromatic nitrogens is 2. The molecule has 1 aromatic heterocycles. The van der Waals surface area contributed by atoms with Crippen molar-refractivity contribution in [2.24, 2.45) is 0 Å². The molecule has 0 amide bonds.